The molecular formula is C20H18FN3O3S. The second-order valence-corrected chi connectivity index (χ2v) is 7.92. The van der Waals surface area contributed by atoms with Gasteiger partial charge in [0.25, 0.3) is 15.9 Å². The summed E-state index contributed by atoms with van der Waals surface area (Å²) in [5, 5.41) is 2.67. The monoisotopic (exact) mass is 399 g/mol. The molecule has 2 aromatic carbocycles. The van der Waals surface area contributed by atoms with Gasteiger partial charge in [-0.05, 0) is 73.5 Å². The second kappa shape index (κ2) is 7.77. The van der Waals surface area contributed by atoms with Gasteiger partial charge in [0.15, 0.2) is 0 Å². The first-order valence-corrected chi connectivity index (χ1v) is 9.86. The highest BCUT2D eigenvalue weighted by Crippen LogP contribution is 2.20. The van der Waals surface area contributed by atoms with E-state index in [1.54, 1.807) is 12.3 Å². The number of aromatic nitrogens is 1. The summed E-state index contributed by atoms with van der Waals surface area (Å²) < 4.78 is 40.6. The molecule has 8 heteroatoms. The van der Waals surface area contributed by atoms with Crippen LogP contribution in [0.3, 0.4) is 0 Å². The van der Waals surface area contributed by atoms with Crippen molar-refractivity contribution < 1.29 is 17.6 Å². The first-order valence-electron chi connectivity index (χ1n) is 8.38. The zero-order valence-electron chi connectivity index (χ0n) is 15.2. The fourth-order valence-electron chi connectivity index (χ4n) is 2.54. The van der Waals surface area contributed by atoms with Gasteiger partial charge >= 0.3 is 0 Å². The fraction of sp³-hybridized carbons (Fsp3) is 0.100. The van der Waals surface area contributed by atoms with Crippen molar-refractivity contribution in [3.63, 3.8) is 0 Å². The summed E-state index contributed by atoms with van der Waals surface area (Å²) in [5.74, 6) is -0.442. The number of amides is 1. The van der Waals surface area contributed by atoms with Crippen LogP contribution >= 0.6 is 0 Å². The standard InChI is InChI=1S/C20H18FN3O3S/c1-13-3-10-19(22-12-13)23-20(25)15-4-7-17(8-5-15)24-28(26,27)18-9-6-16(21)11-14(18)2/h3-12,24H,1-2H3,(H,22,23,25). The van der Waals surface area contributed by atoms with E-state index in [4.69, 9.17) is 0 Å². The molecule has 0 radical (unpaired) electrons. The summed E-state index contributed by atoms with van der Waals surface area (Å²) in [6.07, 6.45) is 1.64. The Hall–Kier alpha value is -3.26. The number of carbonyl (C=O) groups is 1. The topological polar surface area (TPSA) is 88.2 Å². The molecule has 0 fully saturated rings. The minimum absolute atomic E-state index is 0.0128. The lowest BCUT2D eigenvalue weighted by Gasteiger charge is -2.11. The average Bonchev–Trinajstić information content (AvgIpc) is 2.63. The first kappa shape index (κ1) is 19.5. The molecule has 0 atom stereocenters. The van der Waals surface area contributed by atoms with Crippen molar-refractivity contribution in [3.8, 4) is 0 Å². The van der Waals surface area contributed by atoms with Crippen LogP contribution in [0.1, 0.15) is 21.5 Å². The number of benzene rings is 2. The van der Waals surface area contributed by atoms with Crippen molar-refractivity contribution in [1.82, 2.24) is 4.98 Å². The van der Waals surface area contributed by atoms with Crippen LogP contribution in [-0.4, -0.2) is 19.3 Å². The van der Waals surface area contributed by atoms with Crippen LogP contribution in [0.2, 0.25) is 0 Å². The Morgan fingerprint density at radius 2 is 1.71 bits per heavy atom. The Morgan fingerprint density at radius 3 is 2.32 bits per heavy atom. The lowest BCUT2D eigenvalue weighted by molar-refractivity contribution is 0.102. The maximum Gasteiger partial charge on any atom is 0.262 e. The molecule has 0 saturated heterocycles. The van der Waals surface area contributed by atoms with Crippen molar-refractivity contribution in [1.29, 1.82) is 0 Å². The number of aryl methyl sites for hydroxylation is 2. The molecule has 0 aliphatic heterocycles. The number of sulfonamides is 1. The molecule has 0 aliphatic carbocycles. The van der Waals surface area contributed by atoms with Crippen molar-refractivity contribution in [2.75, 3.05) is 10.0 Å². The summed E-state index contributed by atoms with van der Waals surface area (Å²) in [7, 11) is -3.87. The van der Waals surface area contributed by atoms with E-state index in [1.807, 2.05) is 13.0 Å². The molecule has 0 unspecified atom stereocenters. The Kier molecular flexibility index (Phi) is 5.41. The van der Waals surface area contributed by atoms with Crippen LogP contribution < -0.4 is 10.0 Å². The van der Waals surface area contributed by atoms with Gasteiger partial charge in [0, 0.05) is 17.4 Å². The van der Waals surface area contributed by atoms with Crippen LogP contribution in [0.4, 0.5) is 15.9 Å². The normalized spacial score (nSPS) is 11.1. The Morgan fingerprint density at radius 1 is 1.00 bits per heavy atom. The Balaban J connectivity index is 1.73. The number of carbonyl (C=O) groups excluding carboxylic acids is 1. The van der Waals surface area contributed by atoms with E-state index < -0.39 is 15.8 Å². The smallest absolute Gasteiger partial charge is 0.262 e. The lowest BCUT2D eigenvalue weighted by atomic mass is 10.2. The van der Waals surface area contributed by atoms with Gasteiger partial charge in [-0.1, -0.05) is 6.07 Å². The Labute approximate surface area is 162 Å². The van der Waals surface area contributed by atoms with E-state index >= 15 is 0 Å². The van der Waals surface area contributed by atoms with Crippen LogP contribution in [0, 0.1) is 19.7 Å². The summed E-state index contributed by atoms with van der Waals surface area (Å²) in [6, 6.07) is 12.9. The highest BCUT2D eigenvalue weighted by Gasteiger charge is 2.17. The van der Waals surface area contributed by atoms with Gasteiger partial charge in [-0.2, -0.15) is 0 Å². The van der Waals surface area contributed by atoms with Crippen molar-refractivity contribution >= 4 is 27.4 Å². The largest absolute Gasteiger partial charge is 0.307 e. The molecule has 0 bridgehead atoms. The molecule has 6 nitrogen and oxygen atoms in total. The second-order valence-electron chi connectivity index (χ2n) is 6.27. The van der Waals surface area contributed by atoms with E-state index in [1.165, 1.54) is 37.3 Å². The predicted octanol–water partition coefficient (Wildman–Crippen LogP) is 3.89. The van der Waals surface area contributed by atoms with Gasteiger partial charge in [0.1, 0.15) is 11.6 Å². The number of pyridine rings is 1. The molecule has 0 saturated carbocycles. The number of hydrogen-bond donors (Lipinski definition) is 2. The molecule has 3 rings (SSSR count). The highest BCUT2D eigenvalue weighted by molar-refractivity contribution is 7.92. The zero-order chi connectivity index (χ0) is 20.3. The summed E-state index contributed by atoms with van der Waals surface area (Å²) in [4.78, 5) is 16.4. The molecule has 0 aliphatic rings. The van der Waals surface area contributed by atoms with Crippen LogP contribution in [-0.2, 0) is 10.0 Å². The third-order valence-corrected chi connectivity index (χ3v) is 5.52. The van der Waals surface area contributed by atoms with Crippen molar-refractivity contribution in [2.45, 2.75) is 18.7 Å². The third-order valence-electron chi connectivity index (χ3n) is 3.98. The number of nitrogens with zero attached hydrogens (tertiary/aromatic N) is 1. The van der Waals surface area contributed by atoms with Crippen LogP contribution in [0.5, 0.6) is 0 Å². The van der Waals surface area contributed by atoms with Crippen LogP contribution in [0.25, 0.3) is 0 Å². The van der Waals surface area contributed by atoms with E-state index in [0.29, 0.717) is 16.9 Å². The summed E-state index contributed by atoms with van der Waals surface area (Å²) in [5.41, 5.74) is 1.91. The molecule has 1 amide bonds. The van der Waals surface area contributed by atoms with E-state index in [9.17, 15) is 17.6 Å². The fourth-order valence-corrected chi connectivity index (χ4v) is 3.83. The van der Waals surface area contributed by atoms with Gasteiger partial charge in [0.2, 0.25) is 0 Å². The molecule has 144 valence electrons. The maximum atomic E-state index is 13.2. The number of hydrogen-bond acceptors (Lipinski definition) is 4. The quantitative estimate of drug-likeness (QED) is 0.681. The maximum absolute atomic E-state index is 13.2. The van der Waals surface area contributed by atoms with Crippen molar-refractivity contribution in [3.05, 3.63) is 83.3 Å². The van der Waals surface area contributed by atoms with E-state index in [2.05, 4.69) is 15.0 Å². The number of rotatable bonds is 5. The average molecular weight is 399 g/mol. The molecular weight excluding hydrogens is 381 g/mol. The number of nitrogens with one attached hydrogen (secondary N) is 2. The minimum atomic E-state index is -3.87. The number of halogens is 1. The highest BCUT2D eigenvalue weighted by atomic mass is 32.2. The minimum Gasteiger partial charge on any atom is -0.307 e. The first-order chi connectivity index (χ1) is 13.2. The summed E-state index contributed by atoms with van der Waals surface area (Å²) in [6.45, 7) is 3.41. The lowest BCUT2D eigenvalue weighted by Crippen LogP contribution is -2.15. The molecule has 1 heterocycles. The van der Waals surface area contributed by atoms with Gasteiger partial charge in [-0.3, -0.25) is 9.52 Å². The van der Waals surface area contributed by atoms with E-state index in [0.717, 1.165) is 17.7 Å². The van der Waals surface area contributed by atoms with Gasteiger partial charge < -0.3 is 5.32 Å². The molecule has 3 aromatic rings. The van der Waals surface area contributed by atoms with Gasteiger partial charge in [-0.15, -0.1) is 0 Å². The SMILES string of the molecule is Cc1ccc(NC(=O)c2ccc(NS(=O)(=O)c3ccc(F)cc3C)cc2)nc1. The zero-order valence-corrected chi connectivity index (χ0v) is 16.0. The van der Waals surface area contributed by atoms with Gasteiger partial charge in [-0.25, -0.2) is 17.8 Å². The molecule has 28 heavy (non-hydrogen) atoms. The molecule has 1 aromatic heterocycles. The predicted molar refractivity (Wildman–Crippen MR) is 105 cm³/mol. The molecule has 0 spiro atoms. The number of anilines is 2. The molecule has 2 N–H and O–H groups in total. The van der Waals surface area contributed by atoms with Crippen molar-refractivity contribution in [2.24, 2.45) is 0 Å². The Bertz CT molecular complexity index is 1110. The van der Waals surface area contributed by atoms with E-state index in [-0.39, 0.29) is 16.5 Å². The van der Waals surface area contributed by atoms with Crippen LogP contribution in [0.15, 0.2) is 65.7 Å². The summed E-state index contributed by atoms with van der Waals surface area (Å²) >= 11 is 0. The third kappa shape index (κ3) is 4.52. The van der Waals surface area contributed by atoms with Gasteiger partial charge in [0.05, 0.1) is 4.90 Å².